The lowest BCUT2D eigenvalue weighted by Gasteiger charge is -2.12. The zero-order chi connectivity index (χ0) is 11.3. The molecule has 0 aromatic heterocycles. The van der Waals surface area contributed by atoms with Crippen LogP contribution in [0.25, 0.3) is 0 Å². The van der Waals surface area contributed by atoms with E-state index in [9.17, 15) is 9.59 Å². The number of hydrogen-bond acceptors (Lipinski definition) is 4. The van der Waals surface area contributed by atoms with Crippen molar-refractivity contribution in [3.8, 4) is 0 Å². The van der Waals surface area contributed by atoms with Gasteiger partial charge in [0.05, 0.1) is 6.61 Å². The van der Waals surface area contributed by atoms with Gasteiger partial charge in [-0.05, 0) is 26.9 Å². The maximum absolute atomic E-state index is 11.4. The molecule has 0 saturated carbocycles. The fraction of sp³-hybridized carbons (Fsp3) is 0.800. The van der Waals surface area contributed by atoms with Crippen LogP contribution in [0.3, 0.4) is 0 Å². The summed E-state index contributed by atoms with van der Waals surface area (Å²) in [5, 5.41) is 2.82. The predicted octanol–water partition coefficient (Wildman–Crippen LogP) is -0.240. The molecule has 1 unspecified atom stereocenters. The Morgan fingerprint density at radius 3 is 2.80 bits per heavy atom. The standard InChI is InChI=1S/C10H18N2O3/c1-3-15-10(14)6-9(13)11-8-4-5-12(2)7-8/h8H,3-7H2,1-2H3,(H,11,13). The number of hydrogen-bond donors (Lipinski definition) is 1. The van der Waals surface area contributed by atoms with Crippen molar-refractivity contribution in [2.75, 3.05) is 26.7 Å². The molecule has 1 amide bonds. The lowest BCUT2D eigenvalue weighted by molar-refractivity contribution is -0.146. The summed E-state index contributed by atoms with van der Waals surface area (Å²) in [5.74, 6) is -0.699. The Labute approximate surface area is 89.8 Å². The first-order valence-electron chi connectivity index (χ1n) is 5.25. The number of carbonyl (C=O) groups excluding carboxylic acids is 2. The number of carbonyl (C=O) groups is 2. The smallest absolute Gasteiger partial charge is 0.315 e. The van der Waals surface area contributed by atoms with Crippen LogP contribution >= 0.6 is 0 Å². The van der Waals surface area contributed by atoms with Crippen molar-refractivity contribution in [3.63, 3.8) is 0 Å². The number of likely N-dealkylation sites (tertiary alicyclic amines) is 1. The molecule has 0 radical (unpaired) electrons. The van der Waals surface area contributed by atoms with E-state index in [4.69, 9.17) is 0 Å². The Bertz CT molecular complexity index is 243. The minimum Gasteiger partial charge on any atom is -0.466 e. The third-order valence-electron chi connectivity index (χ3n) is 2.37. The number of likely N-dealkylation sites (N-methyl/N-ethyl adjacent to an activating group) is 1. The summed E-state index contributed by atoms with van der Waals surface area (Å²) in [4.78, 5) is 24.5. The molecule has 1 atom stereocenters. The number of nitrogens with one attached hydrogen (secondary N) is 1. The summed E-state index contributed by atoms with van der Waals surface area (Å²) in [7, 11) is 2.01. The molecule has 1 aliphatic heterocycles. The van der Waals surface area contributed by atoms with Gasteiger partial charge in [0.15, 0.2) is 0 Å². The van der Waals surface area contributed by atoms with Crippen molar-refractivity contribution in [1.82, 2.24) is 10.2 Å². The van der Waals surface area contributed by atoms with Gasteiger partial charge in [-0.1, -0.05) is 0 Å². The summed E-state index contributed by atoms with van der Waals surface area (Å²) in [5.41, 5.74) is 0. The average Bonchev–Trinajstić information content (AvgIpc) is 2.51. The van der Waals surface area contributed by atoms with Crippen LogP contribution in [0.15, 0.2) is 0 Å². The van der Waals surface area contributed by atoms with E-state index in [-0.39, 0.29) is 18.4 Å². The molecule has 1 fully saturated rings. The van der Waals surface area contributed by atoms with Crippen LogP contribution in [0.5, 0.6) is 0 Å². The summed E-state index contributed by atoms with van der Waals surface area (Å²) >= 11 is 0. The van der Waals surface area contributed by atoms with Crippen molar-refractivity contribution in [1.29, 1.82) is 0 Å². The van der Waals surface area contributed by atoms with E-state index in [0.717, 1.165) is 19.5 Å². The number of amides is 1. The third kappa shape index (κ3) is 4.29. The van der Waals surface area contributed by atoms with E-state index in [0.29, 0.717) is 6.61 Å². The van der Waals surface area contributed by atoms with Gasteiger partial charge in [0, 0.05) is 12.6 Å². The van der Waals surface area contributed by atoms with Crippen LogP contribution in [0.4, 0.5) is 0 Å². The molecular weight excluding hydrogens is 196 g/mol. The number of ether oxygens (including phenoxy) is 1. The monoisotopic (exact) mass is 214 g/mol. The SMILES string of the molecule is CCOC(=O)CC(=O)NC1CCN(C)C1. The van der Waals surface area contributed by atoms with E-state index < -0.39 is 5.97 Å². The van der Waals surface area contributed by atoms with Crippen molar-refractivity contribution in [2.24, 2.45) is 0 Å². The first-order chi connectivity index (χ1) is 7.11. The predicted molar refractivity (Wildman–Crippen MR) is 55.3 cm³/mol. The molecule has 0 aromatic carbocycles. The Morgan fingerprint density at radius 1 is 1.53 bits per heavy atom. The molecule has 1 aliphatic rings. The Balaban J connectivity index is 2.21. The largest absolute Gasteiger partial charge is 0.466 e. The molecule has 15 heavy (non-hydrogen) atoms. The number of rotatable bonds is 4. The Morgan fingerprint density at radius 2 is 2.27 bits per heavy atom. The van der Waals surface area contributed by atoms with Gasteiger partial charge in [0.1, 0.15) is 6.42 Å². The molecule has 0 bridgehead atoms. The summed E-state index contributed by atoms with van der Waals surface area (Å²) in [6.07, 6.45) is 0.777. The summed E-state index contributed by atoms with van der Waals surface area (Å²) in [6.45, 7) is 3.89. The number of esters is 1. The quantitative estimate of drug-likeness (QED) is 0.518. The van der Waals surface area contributed by atoms with Gasteiger partial charge in [-0.15, -0.1) is 0 Å². The minimum absolute atomic E-state index is 0.173. The first-order valence-corrected chi connectivity index (χ1v) is 5.25. The average molecular weight is 214 g/mol. The Kier molecular flexibility index (Phi) is 4.55. The zero-order valence-electron chi connectivity index (χ0n) is 9.28. The van der Waals surface area contributed by atoms with Gasteiger partial charge in [0.2, 0.25) is 5.91 Å². The van der Waals surface area contributed by atoms with E-state index in [2.05, 4.69) is 15.0 Å². The number of nitrogens with zero attached hydrogens (tertiary/aromatic N) is 1. The van der Waals surface area contributed by atoms with E-state index in [1.807, 2.05) is 7.05 Å². The molecule has 0 aromatic rings. The van der Waals surface area contributed by atoms with Crippen LogP contribution < -0.4 is 5.32 Å². The second-order valence-electron chi connectivity index (χ2n) is 3.80. The van der Waals surface area contributed by atoms with Gasteiger partial charge in [-0.3, -0.25) is 9.59 Å². The lowest BCUT2D eigenvalue weighted by Crippen LogP contribution is -2.37. The van der Waals surface area contributed by atoms with E-state index >= 15 is 0 Å². The minimum atomic E-state index is -0.457. The van der Waals surface area contributed by atoms with Crippen molar-refractivity contribution in [2.45, 2.75) is 25.8 Å². The topological polar surface area (TPSA) is 58.6 Å². The van der Waals surface area contributed by atoms with Crippen LogP contribution in [0, 0.1) is 0 Å². The maximum Gasteiger partial charge on any atom is 0.315 e. The molecule has 1 heterocycles. The maximum atomic E-state index is 11.4. The first kappa shape index (κ1) is 12.0. The lowest BCUT2D eigenvalue weighted by atomic mass is 10.2. The highest BCUT2D eigenvalue weighted by Gasteiger charge is 2.21. The van der Waals surface area contributed by atoms with Crippen molar-refractivity contribution in [3.05, 3.63) is 0 Å². The molecular formula is C10H18N2O3. The molecule has 1 saturated heterocycles. The molecule has 86 valence electrons. The van der Waals surface area contributed by atoms with Crippen LogP contribution in [0.1, 0.15) is 19.8 Å². The van der Waals surface area contributed by atoms with Crippen molar-refractivity contribution >= 4 is 11.9 Å². The van der Waals surface area contributed by atoms with Gasteiger partial charge in [-0.2, -0.15) is 0 Å². The van der Waals surface area contributed by atoms with Crippen LogP contribution in [-0.2, 0) is 14.3 Å². The highest BCUT2D eigenvalue weighted by Crippen LogP contribution is 2.06. The van der Waals surface area contributed by atoms with Gasteiger partial charge >= 0.3 is 5.97 Å². The van der Waals surface area contributed by atoms with Crippen molar-refractivity contribution < 1.29 is 14.3 Å². The van der Waals surface area contributed by atoms with E-state index in [1.165, 1.54) is 0 Å². The molecule has 0 aliphatic carbocycles. The summed E-state index contributed by atoms with van der Waals surface area (Å²) < 4.78 is 4.69. The molecule has 1 N–H and O–H groups in total. The summed E-state index contributed by atoms with van der Waals surface area (Å²) in [6, 6.07) is 0.178. The highest BCUT2D eigenvalue weighted by molar-refractivity contribution is 5.94. The van der Waals surface area contributed by atoms with Crippen LogP contribution in [-0.4, -0.2) is 49.6 Å². The fourth-order valence-electron chi connectivity index (χ4n) is 1.67. The Hall–Kier alpha value is -1.10. The second kappa shape index (κ2) is 5.70. The molecule has 5 nitrogen and oxygen atoms in total. The van der Waals surface area contributed by atoms with Gasteiger partial charge < -0.3 is 15.0 Å². The fourth-order valence-corrected chi connectivity index (χ4v) is 1.67. The van der Waals surface area contributed by atoms with E-state index in [1.54, 1.807) is 6.92 Å². The third-order valence-corrected chi connectivity index (χ3v) is 2.37. The molecule has 1 rings (SSSR count). The second-order valence-corrected chi connectivity index (χ2v) is 3.80. The van der Waals surface area contributed by atoms with Gasteiger partial charge in [0.25, 0.3) is 0 Å². The van der Waals surface area contributed by atoms with Gasteiger partial charge in [-0.25, -0.2) is 0 Å². The molecule has 5 heteroatoms. The van der Waals surface area contributed by atoms with Crippen LogP contribution in [0.2, 0.25) is 0 Å². The molecule has 0 spiro atoms. The normalized spacial score (nSPS) is 21.3. The highest BCUT2D eigenvalue weighted by atomic mass is 16.5. The zero-order valence-corrected chi connectivity index (χ0v) is 9.28.